The second-order valence-electron chi connectivity index (χ2n) is 5.51. The van der Waals surface area contributed by atoms with Crippen LogP contribution in [0.15, 0.2) is 23.1 Å². The monoisotopic (exact) mass is 294 g/mol. The number of rotatable bonds is 4. The van der Waals surface area contributed by atoms with Crippen molar-refractivity contribution in [2.45, 2.75) is 43.4 Å². The van der Waals surface area contributed by atoms with Gasteiger partial charge in [0, 0.05) is 5.92 Å². The topological polar surface area (TPSA) is 75.3 Å². The highest BCUT2D eigenvalue weighted by Crippen LogP contribution is 2.28. The van der Waals surface area contributed by atoms with Crippen LogP contribution in [0.1, 0.15) is 36.8 Å². The van der Waals surface area contributed by atoms with E-state index >= 15 is 0 Å². The number of hydrogen-bond acceptors (Lipinski definition) is 3. The fourth-order valence-electron chi connectivity index (χ4n) is 2.50. The number of nitrogens with one attached hydrogen (secondary N) is 2. The molecule has 2 aliphatic rings. The fourth-order valence-corrected chi connectivity index (χ4v) is 3.40. The third kappa shape index (κ3) is 2.86. The van der Waals surface area contributed by atoms with Crippen LogP contribution < -0.4 is 10.3 Å². The second-order valence-corrected chi connectivity index (χ2v) is 7.19. The maximum absolute atomic E-state index is 12.1. The highest BCUT2D eigenvalue weighted by atomic mass is 32.2. The summed E-state index contributed by atoms with van der Waals surface area (Å²) in [5, 5.41) is 0. The van der Waals surface area contributed by atoms with Crippen LogP contribution in [0.3, 0.4) is 0 Å². The van der Waals surface area contributed by atoms with Crippen LogP contribution >= 0.6 is 0 Å². The van der Waals surface area contributed by atoms with Gasteiger partial charge in [0.05, 0.1) is 4.90 Å². The van der Waals surface area contributed by atoms with Crippen molar-refractivity contribution in [1.29, 1.82) is 0 Å². The zero-order valence-corrected chi connectivity index (χ0v) is 12.0. The Morgan fingerprint density at radius 1 is 1.10 bits per heavy atom. The number of aryl methyl sites for hydroxylation is 2. The smallest absolute Gasteiger partial charge is 0.257 e. The summed E-state index contributed by atoms with van der Waals surface area (Å²) in [6.07, 6.45) is 5.88. The molecule has 0 unspecified atom stereocenters. The molecule has 0 atom stereocenters. The molecule has 0 bridgehead atoms. The molecule has 0 aliphatic heterocycles. The molecule has 0 radical (unpaired) electrons. The zero-order chi connectivity index (χ0) is 14.2. The molecule has 0 heterocycles. The lowest BCUT2D eigenvalue weighted by molar-refractivity contribution is -0.122. The first kappa shape index (κ1) is 13.6. The van der Waals surface area contributed by atoms with Gasteiger partial charge in [0.25, 0.3) is 10.0 Å². The van der Waals surface area contributed by atoms with E-state index in [4.69, 9.17) is 0 Å². The lowest BCUT2D eigenvalue weighted by Crippen LogP contribution is -2.42. The summed E-state index contributed by atoms with van der Waals surface area (Å²) in [5.74, 6) is -0.271. The average Bonchev–Trinajstić information content (AvgIpc) is 3.29. The van der Waals surface area contributed by atoms with E-state index in [0.29, 0.717) is 0 Å². The summed E-state index contributed by atoms with van der Waals surface area (Å²) in [6, 6.07) is 5.21. The number of hydrazine groups is 1. The van der Waals surface area contributed by atoms with E-state index in [-0.39, 0.29) is 16.7 Å². The van der Waals surface area contributed by atoms with Crippen LogP contribution in [0.4, 0.5) is 0 Å². The van der Waals surface area contributed by atoms with Crippen LogP contribution in [-0.4, -0.2) is 14.3 Å². The van der Waals surface area contributed by atoms with Crippen molar-refractivity contribution in [1.82, 2.24) is 10.3 Å². The summed E-state index contributed by atoms with van der Waals surface area (Å²) in [6.45, 7) is 0. The van der Waals surface area contributed by atoms with Gasteiger partial charge in [0.2, 0.25) is 5.91 Å². The highest BCUT2D eigenvalue weighted by molar-refractivity contribution is 7.89. The lowest BCUT2D eigenvalue weighted by atomic mass is 9.92. The molecule has 5 nitrogen and oxygen atoms in total. The van der Waals surface area contributed by atoms with Crippen molar-refractivity contribution in [2.24, 2.45) is 5.92 Å². The van der Waals surface area contributed by atoms with Crippen molar-refractivity contribution >= 4 is 15.9 Å². The normalized spacial score (nSPS) is 18.4. The molecule has 1 aromatic rings. The molecule has 6 heteroatoms. The summed E-state index contributed by atoms with van der Waals surface area (Å²) in [4.78, 5) is 13.9. The van der Waals surface area contributed by atoms with Gasteiger partial charge in [-0.25, -0.2) is 8.42 Å². The van der Waals surface area contributed by atoms with Crippen molar-refractivity contribution in [3.05, 3.63) is 29.3 Å². The molecule has 1 fully saturated rings. The van der Waals surface area contributed by atoms with Gasteiger partial charge < -0.3 is 0 Å². The molecule has 2 N–H and O–H groups in total. The van der Waals surface area contributed by atoms with Gasteiger partial charge in [-0.15, -0.1) is 4.83 Å². The molecule has 0 spiro atoms. The third-order valence-corrected chi connectivity index (χ3v) is 5.13. The molecule has 1 amide bonds. The zero-order valence-electron chi connectivity index (χ0n) is 11.2. The Morgan fingerprint density at radius 3 is 2.50 bits per heavy atom. The first-order chi connectivity index (χ1) is 9.56. The molecule has 20 heavy (non-hydrogen) atoms. The van der Waals surface area contributed by atoms with E-state index in [0.717, 1.165) is 44.1 Å². The van der Waals surface area contributed by atoms with Crippen LogP contribution in [0.2, 0.25) is 0 Å². The van der Waals surface area contributed by atoms with Gasteiger partial charge in [-0.3, -0.25) is 10.2 Å². The predicted octanol–water partition coefficient (Wildman–Crippen LogP) is 1.28. The van der Waals surface area contributed by atoms with Crippen molar-refractivity contribution < 1.29 is 13.2 Å². The SMILES string of the molecule is O=C(NNS(=O)(=O)c1ccc2c(c1)CCCC2)C1CC1. The van der Waals surface area contributed by atoms with E-state index in [2.05, 4.69) is 10.3 Å². The average molecular weight is 294 g/mol. The maximum Gasteiger partial charge on any atom is 0.257 e. The highest BCUT2D eigenvalue weighted by Gasteiger charge is 2.30. The van der Waals surface area contributed by atoms with Crippen molar-refractivity contribution in [3.63, 3.8) is 0 Å². The molecule has 3 rings (SSSR count). The van der Waals surface area contributed by atoms with Gasteiger partial charge in [0.1, 0.15) is 0 Å². The molecular formula is C14H18N2O3S. The first-order valence-electron chi connectivity index (χ1n) is 7.00. The van der Waals surface area contributed by atoms with E-state index in [1.54, 1.807) is 12.1 Å². The van der Waals surface area contributed by atoms with Crippen LogP contribution in [0.25, 0.3) is 0 Å². The minimum Gasteiger partial charge on any atom is -0.277 e. The fraction of sp³-hybridized carbons (Fsp3) is 0.500. The Kier molecular flexibility index (Phi) is 3.52. The molecule has 0 aromatic heterocycles. The molecule has 1 aromatic carbocycles. The van der Waals surface area contributed by atoms with Crippen molar-refractivity contribution in [3.8, 4) is 0 Å². The van der Waals surface area contributed by atoms with Gasteiger partial charge in [0.15, 0.2) is 0 Å². The number of amides is 1. The molecule has 108 valence electrons. The second kappa shape index (κ2) is 5.18. The Balaban J connectivity index is 1.74. The number of fused-ring (bicyclic) bond motifs is 1. The number of hydrogen-bond donors (Lipinski definition) is 2. The summed E-state index contributed by atoms with van der Waals surface area (Å²) in [7, 11) is -3.68. The summed E-state index contributed by atoms with van der Waals surface area (Å²) < 4.78 is 24.3. The standard InChI is InChI=1S/C14H18N2O3S/c17-14(11-5-6-11)15-16-20(18,19)13-8-7-10-3-1-2-4-12(10)9-13/h7-9,11,16H,1-6H2,(H,15,17). The Hall–Kier alpha value is -1.40. The van der Waals surface area contributed by atoms with Crippen LogP contribution in [0, 0.1) is 5.92 Å². The number of carbonyl (C=O) groups is 1. The van der Waals surface area contributed by atoms with E-state index < -0.39 is 10.0 Å². The van der Waals surface area contributed by atoms with Gasteiger partial charge >= 0.3 is 0 Å². The Labute approximate surface area is 118 Å². The molecule has 1 saturated carbocycles. The summed E-state index contributed by atoms with van der Waals surface area (Å²) in [5.41, 5.74) is 4.62. The summed E-state index contributed by atoms with van der Waals surface area (Å²) >= 11 is 0. The molecular weight excluding hydrogens is 276 g/mol. The molecule has 0 saturated heterocycles. The van der Waals surface area contributed by atoms with Gasteiger partial charge in [-0.05, 0) is 61.8 Å². The predicted molar refractivity (Wildman–Crippen MR) is 74.3 cm³/mol. The Morgan fingerprint density at radius 2 is 1.80 bits per heavy atom. The minimum atomic E-state index is -3.68. The number of benzene rings is 1. The van der Waals surface area contributed by atoms with Crippen LogP contribution in [0.5, 0.6) is 0 Å². The van der Waals surface area contributed by atoms with Crippen molar-refractivity contribution in [2.75, 3.05) is 0 Å². The quantitative estimate of drug-likeness (QED) is 0.822. The lowest BCUT2D eigenvalue weighted by Gasteiger charge is -2.16. The van der Waals surface area contributed by atoms with Crippen LogP contribution in [-0.2, 0) is 27.7 Å². The maximum atomic E-state index is 12.1. The largest absolute Gasteiger partial charge is 0.277 e. The van der Waals surface area contributed by atoms with E-state index in [9.17, 15) is 13.2 Å². The van der Waals surface area contributed by atoms with Gasteiger partial charge in [-0.2, -0.15) is 0 Å². The first-order valence-corrected chi connectivity index (χ1v) is 8.48. The number of sulfonamides is 1. The van der Waals surface area contributed by atoms with E-state index in [1.807, 2.05) is 6.07 Å². The third-order valence-electron chi connectivity index (χ3n) is 3.89. The Bertz CT molecular complexity index is 636. The van der Waals surface area contributed by atoms with E-state index in [1.165, 1.54) is 5.56 Å². The van der Waals surface area contributed by atoms with Gasteiger partial charge in [-0.1, -0.05) is 6.07 Å². The number of carbonyl (C=O) groups excluding carboxylic acids is 1. The molecule has 2 aliphatic carbocycles. The minimum absolute atomic E-state index is 0.0266.